The second-order valence-corrected chi connectivity index (χ2v) is 11.0. The number of fused-ring (bicyclic) bond motifs is 1. The number of likely N-dealkylation sites (tertiary alicyclic amines) is 1. The number of anilines is 1. The van der Waals surface area contributed by atoms with Crippen LogP contribution in [0.4, 0.5) is 18.2 Å². The van der Waals surface area contributed by atoms with Crippen LogP contribution in [0.15, 0.2) is 48.5 Å². The SMILES string of the molecule is Cc1c(N(CC(Cc2ccc(OC(F)(F)F)cc2)N2CCC(C)CC2)S(=O)O)sc2ccccc12. The summed E-state index contributed by atoms with van der Waals surface area (Å²) in [7, 11) is 0. The summed E-state index contributed by atoms with van der Waals surface area (Å²) in [6.45, 7) is 6.26. The van der Waals surface area contributed by atoms with Gasteiger partial charge in [0.1, 0.15) is 10.8 Å². The first-order valence-electron chi connectivity index (χ1n) is 11.6. The minimum Gasteiger partial charge on any atom is -0.406 e. The molecule has 2 heterocycles. The van der Waals surface area contributed by atoms with E-state index in [-0.39, 0.29) is 11.8 Å². The van der Waals surface area contributed by atoms with Gasteiger partial charge in [0, 0.05) is 10.7 Å². The number of thiophene rings is 1. The molecule has 1 aromatic heterocycles. The van der Waals surface area contributed by atoms with Crippen LogP contribution < -0.4 is 9.04 Å². The normalized spacial score (nSPS) is 17.4. The van der Waals surface area contributed by atoms with E-state index in [2.05, 4.69) is 16.6 Å². The van der Waals surface area contributed by atoms with Crippen LogP contribution in [0.1, 0.15) is 30.9 Å². The molecule has 35 heavy (non-hydrogen) atoms. The molecule has 190 valence electrons. The molecule has 0 saturated carbocycles. The molecule has 0 bridgehead atoms. The maximum Gasteiger partial charge on any atom is 0.573 e. The van der Waals surface area contributed by atoms with Gasteiger partial charge in [0.25, 0.3) is 11.3 Å². The Balaban J connectivity index is 1.60. The molecular weight excluding hydrogens is 497 g/mol. The molecule has 1 saturated heterocycles. The highest BCUT2D eigenvalue weighted by atomic mass is 32.2. The van der Waals surface area contributed by atoms with Crippen LogP contribution in [0.2, 0.25) is 0 Å². The van der Waals surface area contributed by atoms with E-state index < -0.39 is 17.6 Å². The molecule has 0 amide bonds. The standard InChI is InChI=1S/C25H29F3N2O3S2/c1-17-11-13-29(14-12-17)20(15-19-7-9-21(10-8-19)33-25(26,27)28)16-30(35(31)32)24-18(2)22-5-3-4-6-23(22)34-24/h3-10,17,20H,11-16H2,1-2H3,(H,31,32). The molecule has 5 nitrogen and oxygen atoms in total. The largest absolute Gasteiger partial charge is 0.573 e. The van der Waals surface area contributed by atoms with Crippen molar-refractivity contribution in [2.45, 2.75) is 45.5 Å². The number of alkyl halides is 3. The summed E-state index contributed by atoms with van der Waals surface area (Å²) in [5.41, 5.74) is 1.81. The van der Waals surface area contributed by atoms with Crippen molar-refractivity contribution in [1.82, 2.24) is 4.90 Å². The lowest BCUT2D eigenvalue weighted by atomic mass is 9.96. The molecule has 2 aromatic carbocycles. The molecular formula is C25H29F3N2O3S2. The highest BCUT2D eigenvalue weighted by Crippen LogP contribution is 2.38. The Morgan fingerprint density at radius 3 is 2.43 bits per heavy atom. The Bertz CT molecular complexity index is 1160. The van der Waals surface area contributed by atoms with Gasteiger partial charge in [-0.3, -0.25) is 13.8 Å². The lowest BCUT2D eigenvalue weighted by Crippen LogP contribution is -2.48. The van der Waals surface area contributed by atoms with Gasteiger partial charge in [-0.05, 0) is 79.9 Å². The Hall–Kier alpha value is -2.14. The Morgan fingerprint density at radius 1 is 1.17 bits per heavy atom. The summed E-state index contributed by atoms with van der Waals surface area (Å²) >= 11 is -0.730. The molecule has 10 heteroatoms. The number of rotatable bonds is 8. The fourth-order valence-corrected chi connectivity index (χ4v) is 6.62. The zero-order valence-electron chi connectivity index (χ0n) is 19.6. The van der Waals surface area contributed by atoms with Crippen molar-refractivity contribution >= 4 is 37.7 Å². The number of ether oxygens (including phenoxy) is 1. The van der Waals surface area contributed by atoms with E-state index in [1.165, 1.54) is 23.5 Å². The summed E-state index contributed by atoms with van der Waals surface area (Å²) in [6, 6.07) is 13.7. The predicted octanol–water partition coefficient (Wildman–Crippen LogP) is 6.39. The smallest absolute Gasteiger partial charge is 0.406 e. The third-order valence-corrected chi connectivity index (χ3v) is 8.69. The van der Waals surface area contributed by atoms with Gasteiger partial charge < -0.3 is 4.74 Å². The zero-order chi connectivity index (χ0) is 25.2. The highest BCUT2D eigenvalue weighted by Gasteiger charge is 2.32. The van der Waals surface area contributed by atoms with Gasteiger partial charge >= 0.3 is 6.36 Å². The number of piperidine rings is 1. The summed E-state index contributed by atoms with van der Waals surface area (Å²) in [6.07, 6.45) is -2.11. The average molecular weight is 527 g/mol. The van der Waals surface area contributed by atoms with Crippen LogP contribution in [0.25, 0.3) is 10.1 Å². The third kappa shape index (κ3) is 6.55. The van der Waals surface area contributed by atoms with Crippen LogP contribution in [0.5, 0.6) is 5.75 Å². The molecule has 1 N–H and O–H groups in total. The van der Waals surface area contributed by atoms with Crippen LogP contribution in [0.3, 0.4) is 0 Å². The molecule has 2 atom stereocenters. The summed E-state index contributed by atoms with van der Waals surface area (Å²) in [5.74, 6) is 0.363. The molecule has 1 aliphatic rings. The van der Waals surface area contributed by atoms with E-state index in [1.54, 1.807) is 16.4 Å². The number of benzene rings is 2. The lowest BCUT2D eigenvalue weighted by molar-refractivity contribution is -0.274. The van der Waals surface area contributed by atoms with Crippen LogP contribution in [-0.4, -0.2) is 45.7 Å². The molecule has 0 radical (unpaired) electrons. The first-order chi connectivity index (χ1) is 16.6. The quantitative estimate of drug-likeness (QED) is 0.346. The van der Waals surface area contributed by atoms with E-state index in [9.17, 15) is 21.9 Å². The maximum absolute atomic E-state index is 12.5. The number of hydrogen-bond donors (Lipinski definition) is 1. The summed E-state index contributed by atoms with van der Waals surface area (Å²) < 4.78 is 67.0. The second kappa shape index (κ2) is 10.9. The molecule has 1 fully saturated rings. The monoisotopic (exact) mass is 526 g/mol. The van der Waals surface area contributed by atoms with E-state index in [0.29, 0.717) is 18.9 Å². The predicted molar refractivity (Wildman–Crippen MR) is 135 cm³/mol. The van der Waals surface area contributed by atoms with Crippen molar-refractivity contribution in [3.8, 4) is 5.75 Å². The van der Waals surface area contributed by atoms with E-state index in [4.69, 9.17) is 0 Å². The maximum atomic E-state index is 12.5. The topological polar surface area (TPSA) is 53.0 Å². The minimum absolute atomic E-state index is 0.0856. The van der Waals surface area contributed by atoms with E-state index in [1.807, 2.05) is 31.2 Å². The molecule has 0 aliphatic carbocycles. The van der Waals surface area contributed by atoms with Gasteiger partial charge in [0.15, 0.2) is 0 Å². The van der Waals surface area contributed by atoms with Crippen LogP contribution >= 0.6 is 11.3 Å². The molecule has 3 aromatic rings. The highest BCUT2D eigenvalue weighted by molar-refractivity contribution is 7.81. The van der Waals surface area contributed by atoms with Gasteiger partial charge in [0.2, 0.25) is 0 Å². The molecule has 0 spiro atoms. The van der Waals surface area contributed by atoms with Crippen molar-refractivity contribution in [3.05, 3.63) is 59.7 Å². The van der Waals surface area contributed by atoms with Crippen LogP contribution in [0, 0.1) is 12.8 Å². The first-order valence-corrected chi connectivity index (χ1v) is 13.4. The van der Waals surface area contributed by atoms with Crippen LogP contribution in [-0.2, 0) is 17.7 Å². The Morgan fingerprint density at radius 2 is 1.83 bits per heavy atom. The average Bonchev–Trinajstić information content (AvgIpc) is 3.13. The fourth-order valence-electron chi connectivity index (χ4n) is 4.61. The van der Waals surface area contributed by atoms with Gasteiger partial charge in [-0.15, -0.1) is 24.5 Å². The third-order valence-electron chi connectivity index (χ3n) is 6.57. The van der Waals surface area contributed by atoms with Gasteiger partial charge in [-0.2, -0.15) is 0 Å². The van der Waals surface area contributed by atoms with Crippen molar-refractivity contribution < 1.29 is 26.7 Å². The van der Waals surface area contributed by atoms with Gasteiger partial charge in [-0.25, -0.2) is 4.21 Å². The number of nitrogens with zero attached hydrogens (tertiary/aromatic N) is 2. The molecule has 4 rings (SSSR count). The fraction of sp³-hybridized carbons (Fsp3) is 0.440. The second-order valence-electron chi connectivity index (χ2n) is 9.09. The van der Waals surface area contributed by atoms with Gasteiger partial charge in [-0.1, -0.05) is 37.3 Å². The lowest BCUT2D eigenvalue weighted by Gasteiger charge is -2.38. The van der Waals surface area contributed by atoms with Crippen molar-refractivity contribution in [1.29, 1.82) is 0 Å². The van der Waals surface area contributed by atoms with Crippen molar-refractivity contribution in [2.24, 2.45) is 5.92 Å². The molecule has 1 aliphatic heterocycles. The van der Waals surface area contributed by atoms with E-state index >= 15 is 0 Å². The summed E-state index contributed by atoms with van der Waals surface area (Å²) in [4.78, 5) is 2.34. The molecule has 2 unspecified atom stereocenters. The Kier molecular flexibility index (Phi) is 8.05. The minimum atomic E-state index is -4.73. The van der Waals surface area contributed by atoms with Crippen molar-refractivity contribution in [2.75, 3.05) is 23.9 Å². The first kappa shape index (κ1) is 25.9. The number of hydrogen-bond acceptors (Lipinski definition) is 4. The van der Waals surface area contributed by atoms with Crippen molar-refractivity contribution in [3.63, 3.8) is 0 Å². The van der Waals surface area contributed by atoms with E-state index in [0.717, 1.165) is 52.1 Å². The Labute approximate surface area is 209 Å². The number of aryl methyl sites for hydroxylation is 1. The summed E-state index contributed by atoms with van der Waals surface area (Å²) in [5, 5.41) is 1.82. The number of halogens is 3. The van der Waals surface area contributed by atoms with Gasteiger partial charge in [0.05, 0.1) is 6.54 Å². The zero-order valence-corrected chi connectivity index (χ0v) is 21.3.